The summed E-state index contributed by atoms with van der Waals surface area (Å²) in [6.07, 6.45) is 1.87. The molecule has 0 aromatic carbocycles. The van der Waals surface area contributed by atoms with Gasteiger partial charge in [0.1, 0.15) is 6.04 Å². The van der Waals surface area contributed by atoms with Gasteiger partial charge in [-0.3, -0.25) is 4.79 Å². The van der Waals surface area contributed by atoms with Gasteiger partial charge in [0.05, 0.1) is 0 Å². The summed E-state index contributed by atoms with van der Waals surface area (Å²) >= 11 is 0. The highest BCUT2D eigenvalue weighted by molar-refractivity contribution is 5.85. The normalized spacial score (nSPS) is 14.8. The molecule has 2 atom stereocenters. The minimum atomic E-state index is -0.968. The number of carbonyl (C=O) groups excluding carboxylic acids is 1. The fourth-order valence-electron chi connectivity index (χ4n) is 2.01. The standard InChI is InChI=1S/C13H25NO3/c1-6-10(7-2)9(5)12(15)14-11(8(3)4)13(16)17/h8-11H,6-7H2,1-5H3,(H,14,15)(H,16,17)/t9?,11-/m0/s1. The van der Waals surface area contributed by atoms with Crippen LogP contribution in [0.4, 0.5) is 0 Å². The first-order valence-corrected chi connectivity index (χ1v) is 6.38. The van der Waals surface area contributed by atoms with Gasteiger partial charge in [-0.15, -0.1) is 0 Å². The van der Waals surface area contributed by atoms with Crippen molar-refractivity contribution in [3.8, 4) is 0 Å². The molecule has 4 nitrogen and oxygen atoms in total. The van der Waals surface area contributed by atoms with Crippen molar-refractivity contribution in [1.82, 2.24) is 5.32 Å². The maximum atomic E-state index is 11.9. The lowest BCUT2D eigenvalue weighted by atomic mass is 9.88. The Hall–Kier alpha value is -1.06. The highest BCUT2D eigenvalue weighted by atomic mass is 16.4. The van der Waals surface area contributed by atoms with Crippen molar-refractivity contribution < 1.29 is 14.7 Å². The summed E-state index contributed by atoms with van der Waals surface area (Å²) in [5.41, 5.74) is 0. The third kappa shape index (κ3) is 4.75. The number of amides is 1. The molecule has 0 aromatic rings. The average Bonchev–Trinajstić information content (AvgIpc) is 2.25. The fraction of sp³-hybridized carbons (Fsp3) is 0.846. The number of carbonyl (C=O) groups is 2. The summed E-state index contributed by atoms with van der Waals surface area (Å²) in [6.45, 7) is 9.55. The van der Waals surface area contributed by atoms with Crippen molar-refractivity contribution in [2.75, 3.05) is 0 Å². The predicted molar refractivity (Wildman–Crippen MR) is 67.6 cm³/mol. The van der Waals surface area contributed by atoms with Gasteiger partial charge in [-0.05, 0) is 11.8 Å². The Bertz CT molecular complexity index is 259. The lowest BCUT2D eigenvalue weighted by Gasteiger charge is -2.24. The third-order valence-electron chi connectivity index (χ3n) is 3.40. The Balaban J connectivity index is 4.55. The molecule has 0 fully saturated rings. The van der Waals surface area contributed by atoms with Crippen LogP contribution < -0.4 is 5.32 Å². The Morgan fingerprint density at radius 2 is 1.59 bits per heavy atom. The lowest BCUT2D eigenvalue weighted by Crippen LogP contribution is -2.47. The van der Waals surface area contributed by atoms with E-state index in [0.717, 1.165) is 12.8 Å². The topological polar surface area (TPSA) is 66.4 Å². The zero-order chi connectivity index (χ0) is 13.6. The van der Waals surface area contributed by atoms with Crippen LogP contribution in [0.3, 0.4) is 0 Å². The zero-order valence-electron chi connectivity index (χ0n) is 11.5. The molecule has 2 N–H and O–H groups in total. The summed E-state index contributed by atoms with van der Waals surface area (Å²) in [7, 11) is 0. The van der Waals surface area contributed by atoms with E-state index in [-0.39, 0.29) is 17.7 Å². The van der Waals surface area contributed by atoms with Crippen molar-refractivity contribution in [3.63, 3.8) is 0 Å². The second-order valence-corrected chi connectivity index (χ2v) is 4.93. The second kappa shape index (κ2) is 7.30. The van der Waals surface area contributed by atoms with Gasteiger partial charge in [-0.1, -0.05) is 47.5 Å². The number of aliphatic carboxylic acids is 1. The van der Waals surface area contributed by atoms with Crippen LogP contribution >= 0.6 is 0 Å². The quantitative estimate of drug-likeness (QED) is 0.721. The van der Waals surface area contributed by atoms with Gasteiger partial charge in [-0.2, -0.15) is 0 Å². The number of carboxylic acids is 1. The summed E-state index contributed by atoms with van der Waals surface area (Å²) in [5, 5.41) is 11.6. The van der Waals surface area contributed by atoms with E-state index in [0.29, 0.717) is 5.92 Å². The maximum absolute atomic E-state index is 11.9. The Morgan fingerprint density at radius 3 is 1.88 bits per heavy atom. The minimum Gasteiger partial charge on any atom is -0.480 e. The van der Waals surface area contributed by atoms with E-state index in [2.05, 4.69) is 19.2 Å². The zero-order valence-corrected chi connectivity index (χ0v) is 11.5. The van der Waals surface area contributed by atoms with Crippen molar-refractivity contribution in [2.24, 2.45) is 17.8 Å². The predicted octanol–water partition coefficient (Wildman–Crippen LogP) is 2.28. The van der Waals surface area contributed by atoms with E-state index in [1.54, 1.807) is 13.8 Å². The first kappa shape index (κ1) is 15.9. The molecular formula is C13H25NO3. The molecule has 0 aliphatic carbocycles. The highest BCUT2D eigenvalue weighted by Gasteiger charge is 2.28. The summed E-state index contributed by atoms with van der Waals surface area (Å²) < 4.78 is 0. The van der Waals surface area contributed by atoms with E-state index in [1.807, 2.05) is 6.92 Å². The van der Waals surface area contributed by atoms with Crippen LogP contribution in [0.1, 0.15) is 47.5 Å². The molecule has 0 saturated heterocycles. The SMILES string of the molecule is CCC(CC)C(C)C(=O)N[C@H](C(=O)O)C(C)C. The average molecular weight is 243 g/mol. The second-order valence-electron chi connectivity index (χ2n) is 4.93. The molecule has 1 amide bonds. The number of hydrogen-bond donors (Lipinski definition) is 2. The molecule has 0 aliphatic rings. The van der Waals surface area contributed by atoms with Crippen molar-refractivity contribution in [3.05, 3.63) is 0 Å². The summed E-state index contributed by atoms with van der Waals surface area (Å²) in [6, 6.07) is -0.792. The van der Waals surface area contributed by atoms with Crippen LogP contribution in [0.25, 0.3) is 0 Å². The molecule has 0 aromatic heterocycles. The summed E-state index contributed by atoms with van der Waals surface area (Å²) in [5.74, 6) is -1.04. The van der Waals surface area contributed by atoms with E-state index < -0.39 is 12.0 Å². The summed E-state index contributed by atoms with van der Waals surface area (Å²) in [4.78, 5) is 22.9. The number of carboxylic acid groups (broad SMARTS) is 1. The highest BCUT2D eigenvalue weighted by Crippen LogP contribution is 2.19. The largest absolute Gasteiger partial charge is 0.480 e. The first-order valence-electron chi connectivity index (χ1n) is 6.38. The smallest absolute Gasteiger partial charge is 0.326 e. The Labute approximate surface area is 104 Å². The molecule has 0 saturated carbocycles. The third-order valence-corrected chi connectivity index (χ3v) is 3.40. The van der Waals surface area contributed by atoms with E-state index in [4.69, 9.17) is 5.11 Å². The molecule has 0 rings (SSSR count). The van der Waals surface area contributed by atoms with Gasteiger partial charge in [0.2, 0.25) is 5.91 Å². The Morgan fingerprint density at radius 1 is 1.12 bits per heavy atom. The van der Waals surface area contributed by atoms with Crippen molar-refractivity contribution in [1.29, 1.82) is 0 Å². The van der Waals surface area contributed by atoms with Gasteiger partial charge < -0.3 is 10.4 Å². The van der Waals surface area contributed by atoms with Crippen molar-refractivity contribution in [2.45, 2.75) is 53.5 Å². The number of hydrogen-bond acceptors (Lipinski definition) is 2. The van der Waals surface area contributed by atoms with Crippen LogP contribution in [0.15, 0.2) is 0 Å². The molecule has 0 aliphatic heterocycles. The Kier molecular flexibility index (Phi) is 6.85. The van der Waals surface area contributed by atoms with Crippen LogP contribution in [-0.2, 0) is 9.59 Å². The van der Waals surface area contributed by atoms with E-state index >= 15 is 0 Å². The van der Waals surface area contributed by atoms with Gasteiger partial charge in [0, 0.05) is 5.92 Å². The van der Waals surface area contributed by atoms with Gasteiger partial charge >= 0.3 is 5.97 Å². The minimum absolute atomic E-state index is 0.106. The van der Waals surface area contributed by atoms with Crippen LogP contribution in [0.5, 0.6) is 0 Å². The fourth-order valence-corrected chi connectivity index (χ4v) is 2.01. The van der Waals surface area contributed by atoms with Gasteiger partial charge in [-0.25, -0.2) is 4.79 Å². The van der Waals surface area contributed by atoms with Crippen LogP contribution in [-0.4, -0.2) is 23.0 Å². The molecule has 0 bridgehead atoms. The molecule has 0 radical (unpaired) electrons. The monoisotopic (exact) mass is 243 g/mol. The molecule has 17 heavy (non-hydrogen) atoms. The van der Waals surface area contributed by atoms with Gasteiger partial charge in [0.15, 0.2) is 0 Å². The molecule has 4 heteroatoms. The van der Waals surface area contributed by atoms with Crippen molar-refractivity contribution >= 4 is 11.9 Å². The molecule has 0 heterocycles. The lowest BCUT2D eigenvalue weighted by molar-refractivity contribution is -0.144. The van der Waals surface area contributed by atoms with Crippen LogP contribution in [0, 0.1) is 17.8 Å². The van der Waals surface area contributed by atoms with E-state index in [1.165, 1.54) is 0 Å². The van der Waals surface area contributed by atoms with Gasteiger partial charge in [0.25, 0.3) is 0 Å². The van der Waals surface area contributed by atoms with Crippen LogP contribution in [0.2, 0.25) is 0 Å². The molecule has 0 spiro atoms. The molecule has 1 unspecified atom stereocenters. The molecule has 100 valence electrons. The molecular weight excluding hydrogens is 218 g/mol. The van der Waals surface area contributed by atoms with E-state index in [9.17, 15) is 9.59 Å². The first-order chi connectivity index (χ1) is 7.84. The number of rotatable bonds is 7. The number of nitrogens with one attached hydrogen (secondary N) is 1. The maximum Gasteiger partial charge on any atom is 0.326 e.